The van der Waals surface area contributed by atoms with Crippen LogP contribution in [0.3, 0.4) is 0 Å². The van der Waals surface area contributed by atoms with Crippen molar-refractivity contribution in [3.8, 4) is 0 Å². The van der Waals surface area contributed by atoms with Crippen LogP contribution in [0.1, 0.15) is 5.56 Å². The lowest BCUT2D eigenvalue weighted by Gasteiger charge is -2.42. The van der Waals surface area contributed by atoms with Crippen LogP contribution in [-0.4, -0.2) is 51.7 Å². The molecule has 0 spiro atoms. The summed E-state index contributed by atoms with van der Waals surface area (Å²) in [4.78, 5) is 0.690. The number of benzene rings is 2. The summed E-state index contributed by atoms with van der Waals surface area (Å²) in [6.07, 6.45) is -2.49. The molecule has 168 valence electrons. The minimum Gasteiger partial charge on any atom is -0.397 e. The molecule has 31 heavy (non-hydrogen) atoms. The monoisotopic (exact) mass is 476 g/mol. The Hall–Kier alpha value is -1.95. The normalized spacial score (nSPS) is 26.7. The quantitative estimate of drug-likeness (QED) is 0.407. The van der Waals surface area contributed by atoms with Crippen LogP contribution >= 0.6 is 23.4 Å². The Morgan fingerprint density at radius 2 is 1.84 bits per heavy atom. The van der Waals surface area contributed by atoms with Crippen molar-refractivity contribution in [1.82, 2.24) is 5.32 Å². The third-order valence-corrected chi connectivity index (χ3v) is 6.06. The first-order valence-corrected chi connectivity index (χ1v) is 10.4. The standard InChI is InChI=1S/C20H20ClF3N2O4S/c21-10-2-1-3-11(6-10)31-20-19(29)17(18(28)15(8-27)30-20)26-7-14(25)9-4-12(22)16(24)13(23)5-9/h1-7,15,17-20,26-29H,8,25H2/b14-7-. The fourth-order valence-corrected chi connectivity index (χ4v) is 4.43. The van der Waals surface area contributed by atoms with Crippen molar-refractivity contribution in [1.29, 1.82) is 0 Å². The number of aliphatic hydroxyl groups excluding tert-OH is 3. The highest BCUT2D eigenvalue weighted by Crippen LogP contribution is 2.34. The van der Waals surface area contributed by atoms with Gasteiger partial charge in [0.05, 0.1) is 18.3 Å². The molecule has 5 atom stereocenters. The van der Waals surface area contributed by atoms with Gasteiger partial charge >= 0.3 is 0 Å². The molecule has 0 saturated carbocycles. The van der Waals surface area contributed by atoms with Gasteiger partial charge in [-0.25, -0.2) is 13.2 Å². The second-order valence-electron chi connectivity index (χ2n) is 6.83. The van der Waals surface area contributed by atoms with Gasteiger partial charge in [0.25, 0.3) is 0 Å². The van der Waals surface area contributed by atoms with Crippen molar-refractivity contribution < 1.29 is 33.2 Å². The van der Waals surface area contributed by atoms with Crippen LogP contribution in [0, 0.1) is 17.5 Å². The molecule has 1 fully saturated rings. The summed E-state index contributed by atoms with van der Waals surface area (Å²) in [5, 5.41) is 33.9. The van der Waals surface area contributed by atoms with E-state index in [4.69, 9.17) is 22.1 Å². The molecule has 0 bridgehead atoms. The van der Waals surface area contributed by atoms with Crippen LogP contribution in [0.25, 0.3) is 5.70 Å². The van der Waals surface area contributed by atoms with Crippen molar-refractivity contribution in [2.75, 3.05) is 6.61 Å². The van der Waals surface area contributed by atoms with E-state index in [1.165, 1.54) is 0 Å². The van der Waals surface area contributed by atoms with Gasteiger partial charge in [-0.15, -0.1) is 0 Å². The Morgan fingerprint density at radius 3 is 2.45 bits per heavy atom. The Kier molecular flexibility index (Phi) is 7.73. The zero-order chi connectivity index (χ0) is 22.7. The van der Waals surface area contributed by atoms with Gasteiger partial charge in [0.15, 0.2) is 17.5 Å². The first kappa shape index (κ1) is 23.7. The fraction of sp³-hybridized carbons (Fsp3) is 0.300. The van der Waals surface area contributed by atoms with Crippen LogP contribution in [-0.2, 0) is 4.74 Å². The molecule has 0 amide bonds. The third-order valence-electron chi connectivity index (χ3n) is 4.68. The van der Waals surface area contributed by atoms with E-state index < -0.39 is 53.8 Å². The van der Waals surface area contributed by atoms with Crippen molar-refractivity contribution >= 4 is 29.1 Å². The van der Waals surface area contributed by atoms with Crippen LogP contribution in [0.15, 0.2) is 47.5 Å². The summed E-state index contributed by atoms with van der Waals surface area (Å²) in [5.41, 5.74) is 4.63. The summed E-state index contributed by atoms with van der Waals surface area (Å²) in [7, 11) is 0. The van der Waals surface area contributed by atoms with E-state index in [0.29, 0.717) is 9.92 Å². The molecule has 2 aromatic carbocycles. The molecule has 1 saturated heterocycles. The van der Waals surface area contributed by atoms with E-state index in [9.17, 15) is 28.5 Å². The zero-order valence-corrected chi connectivity index (χ0v) is 17.5. The Morgan fingerprint density at radius 1 is 1.16 bits per heavy atom. The minimum atomic E-state index is -1.62. The molecule has 0 aliphatic carbocycles. The lowest BCUT2D eigenvalue weighted by atomic mass is 9.97. The molecule has 0 radical (unpaired) electrons. The third kappa shape index (κ3) is 5.46. The SMILES string of the molecule is N/C(=C\NC1C(O)C(CO)OC(Sc2cccc(Cl)c2)C1O)c1cc(F)c(F)c(F)c1. The van der Waals surface area contributed by atoms with Gasteiger partial charge in [-0.2, -0.15) is 0 Å². The predicted molar refractivity (Wildman–Crippen MR) is 110 cm³/mol. The first-order chi connectivity index (χ1) is 14.7. The lowest BCUT2D eigenvalue weighted by molar-refractivity contribution is -0.164. The average molecular weight is 477 g/mol. The summed E-state index contributed by atoms with van der Waals surface area (Å²) in [6, 6.07) is 7.22. The topological polar surface area (TPSA) is 108 Å². The Balaban J connectivity index is 1.80. The van der Waals surface area contributed by atoms with Gasteiger partial charge < -0.3 is 31.1 Å². The second-order valence-corrected chi connectivity index (χ2v) is 8.44. The number of thioether (sulfide) groups is 1. The minimum absolute atomic E-state index is 0.136. The molecule has 1 aliphatic heterocycles. The van der Waals surface area contributed by atoms with Gasteiger partial charge in [-0.3, -0.25) is 0 Å². The number of nitrogens with one attached hydrogen (secondary N) is 1. The molecular weight excluding hydrogens is 457 g/mol. The number of rotatable bonds is 6. The van der Waals surface area contributed by atoms with Crippen LogP contribution in [0.4, 0.5) is 13.2 Å². The van der Waals surface area contributed by atoms with E-state index in [-0.39, 0.29) is 11.3 Å². The fourth-order valence-electron chi connectivity index (χ4n) is 3.05. The van der Waals surface area contributed by atoms with Gasteiger partial charge in [-0.05, 0) is 30.3 Å². The highest BCUT2D eigenvalue weighted by Gasteiger charge is 2.44. The van der Waals surface area contributed by atoms with Crippen molar-refractivity contribution in [2.24, 2.45) is 5.73 Å². The second kappa shape index (κ2) is 10.1. The molecule has 5 unspecified atom stereocenters. The number of halogens is 4. The van der Waals surface area contributed by atoms with E-state index >= 15 is 0 Å². The summed E-state index contributed by atoms with van der Waals surface area (Å²) < 4.78 is 45.6. The van der Waals surface area contributed by atoms with E-state index in [1.807, 2.05) is 0 Å². The van der Waals surface area contributed by atoms with Gasteiger partial charge in [-0.1, -0.05) is 29.4 Å². The van der Waals surface area contributed by atoms with E-state index in [2.05, 4.69) is 5.32 Å². The van der Waals surface area contributed by atoms with Crippen molar-refractivity contribution in [2.45, 2.75) is 34.7 Å². The van der Waals surface area contributed by atoms with Crippen molar-refractivity contribution in [3.05, 3.63) is 70.6 Å². The summed E-state index contributed by atoms with van der Waals surface area (Å²) in [6.45, 7) is -0.522. The Labute approximate surface area is 185 Å². The molecule has 2 aromatic rings. The summed E-state index contributed by atoms with van der Waals surface area (Å²) >= 11 is 7.11. The first-order valence-electron chi connectivity index (χ1n) is 9.12. The maximum absolute atomic E-state index is 13.4. The highest BCUT2D eigenvalue weighted by molar-refractivity contribution is 7.99. The Bertz CT molecular complexity index is 945. The molecule has 1 heterocycles. The average Bonchev–Trinajstić information content (AvgIpc) is 2.73. The number of hydrogen-bond donors (Lipinski definition) is 5. The zero-order valence-electron chi connectivity index (χ0n) is 15.9. The number of ether oxygens (including phenoxy) is 1. The van der Waals surface area contributed by atoms with Crippen molar-refractivity contribution in [3.63, 3.8) is 0 Å². The van der Waals surface area contributed by atoms with E-state index in [1.54, 1.807) is 24.3 Å². The lowest BCUT2D eigenvalue weighted by Crippen LogP contribution is -2.62. The number of hydrogen-bond acceptors (Lipinski definition) is 7. The maximum atomic E-state index is 13.4. The number of nitrogens with two attached hydrogens (primary N) is 1. The molecule has 11 heteroatoms. The molecule has 6 N–H and O–H groups in total. The maximum Gasteiger partial charge on any atom is 0.194 e. The highest BCUT2D eigenvalue weighted by atomic mass is 35.5. The largest absolute Gasteiger partial charge is 0.397 e. The molecule has 6 nitrogen and oxygen atoms in total. The molecular formula is C20H20ClF3N2O4S. The smallest absolute Gasteiger partial charge is 0.194 e. The van der Waals surface area contributed by atoms with Crippen LogP contribution < -0.4 is 11.1 Å². The van der Waals surface area contributed by atoms with Gasteiger partial charge in [0.1, 0.15) is 23.7 Å². The number of aliphatic hydroxyl groups is 3. The molecule has 0 aromatic heterocycles. The van der Waals surface area contributed by atoms with Gasteiger partial charge in [0.2, 0.25) is 0 Å². The van der Waals surface area contributed by atoms with E-state index in [0.717, 1.165) is 30.1 Å². The molecule has 1 aliphatic rings. The predicted octanol–water partition coefficient (Wildman–Crippen LogP) is 2.20. The van der Waals surface area contributed by atoms with Crippen LogP contribution in [0.5, 0.6) is 0 Å². The molecule has 3 rings (SSSR count). The van der Waals surface area contributed by atoms with Gasteiger partial charge in [0, 0.05) is 21.7 Å². The van der Waals surface area contributed by atoms with Crippen LogP contribution in [0.2, 0.25) is 5.02 Å². The summed E-state index contributed by atoms with van der Waals surface area (Å²) in [5.74, 6) is -4.43.